The number of nitrogens with zero attached hydrogens (tertiary/aromatic N) is 1. The summed E-state index contributed by atoms with van der Waals surface area (Å²) in [7, 11) is 4.01. The quantitative estimate of drug-likeness (QED) is 0.873. The molecule has 15 heavy (non-hydrogen) atoms. The lowest BCUT2D eigenvalue weighted by Gasteiger charge is -2.14. The molecule has 0 fully saturated rings. The number of halogens is 2. The van der Waals surface area contributed by atoms with E-state index < -0.39 is 0 Å². The van der Waals surface area contributed by atoms with Crippen molar-refractivity contribution in [2.45, 2.75) is 0 Å². The van der Waals surface area contributed by atoms with Crippen molar-refractivity contribution in [2.75, 3.05) is 30.9 Å². The van der Waals surface area contributed by atoms with Crippen LogP contribution in [0.4, 0.5) is 11.4 Å². The van der Waals surface area contributed by atoms with Crippen molar-refractivity contribution >= 4 is 34.6 Å². The lowest BCUT2D eigenvalue weighted by Crippen LogP contribution is -2.09. The van der Waals surface area contributed by atoms with Crippen LogP contribution in [0.5, 0.6) is 0 Å². The summed E-state index contributed by atoms with van der Waals surface area (Å²) in [4.78, 5) is 2.05. The summed E-state index contributed by atoms with van der Waals surface area (Å²) in [5, 5.41) is 3.77. The standard InChI is InChI=1S/C11H14Cl2N2/c1-15(2)11-5-3-4-10(6-11)14-8-9(13)7-12/h3-7,14H,8H2,1-2H3/b9-7-. The number of rotatable bonds is 4. The molecule has 0 radical (unpaired) electrons. The van der Waals surface area contributed by atoms with Gasteiger partial charge in [-0.25, -0.2) is 0 Å². The van der Waals surface area contributed by atoms with Gasteiger partial charge in [-0.1, -0.05) is 29.3 Å². The molecule has 0 unspecified atom stereocenters. The Kier molecular flexibility index (Phi) is 4.79. The maximum Gasteiger partial charge on any atom is 0.0516 e. The van der Waals surface area contributed by atoms with Gasteiger partial charge in [0.05, 0.1) is 6.54 Å². The zero-order valence-electron chi connectivity index (χ0n) is 8.80. The molecule has 0 atom stereocenters. The largest absolute Gasteiger partial charge is 0.380 e. The van der Waals surface area contributed by atoms with E-state index in [0.717, 1.165) is 11.4 Å². The van der Waals surface area contributed by atoms with Crippen molar-refractivity contribution in [3.05, 3.63) is 34.8 Å². The lowest BCUT2D eigenvalue weighted by atomic mass is 10.2. The Balaban J connectivity index is 2.66. The van der Waals surface area contributed by atoms with Crippen LogP contribution in [0.2, 0.25) is 0 Å². The summed E-state index contributed by atoms with van der Waals surface area (Å²) in [6.45, 7) is 0.544. The van der Waals surface area contributed by atoms with Gasteiger partial charge in [-0.15, -0.1) is 0 Å². The highest BCUT2D eigenvalue weighted by Gasteiger charge is 1.97. The Morgan fingerprint density at radius 2 is 2.20 bits per heavy atom. The molecular weight excluding hydrogens is 231 g/mol. The molecule has 0 heterocycles. The first-order valence-corrected chi connectivity index (χ1v) is 5.41. The van der Waals surface area contributed by atoms with Crippen molar-refractivity contribution < 1.29 is 0 Å². The first-order valence-electron chi connectivity index (χ1n) is 4.59. The molecule has 4 heteroatoms. The second-order valence-corrected chi connectivity index (χ2v) is 4.06. The van der Waals surface area contributed by atoms with Crippen LogP contribution in [-0.2, 0) is 0 Å². The van der Waals surface area contributed by atoms with Gasteiger partial charge in [0.1, 0.15) is 0 Å². The third-order valence-electron chi connectivity index (χ3n) is 1.94. The van der Waals surface area contributed by atoms with E-state index in [0.29, 0.717) is 11.6 Å². The first kappa shape index (κ1) is 12.2. The van der Waals surface area contributed by atoms with Crippen LogP contribution in [0.1, 0.15) is 0 Å². The van der Waals surface area contributed by atoms with E-state index in [2.05, 4.69) is 11.4 Å². The van der Waals surface area contributed by atoms with Crippen molar-refractivity contribution in [3.63, 3.8) is 0 Å². The molecular formula is C11H14Cl2N2. The van der Waals surface area contributed by atoms with Crippen LogP contribution in [0, 0.1) is 0 Å². The number of anilines is 2. The SMILES string of the molecule is CN(C)c1cccc(NC/C(Cl)=C/Cl)c1. The summed E-state index contributed by atoms with van der Waals surface area (Å²) in [5.74, 6) is 0. The fraction of sp³-hybridized carbons (Fsp3) is 0.273. The number of hydrogen-bond donors (Lipinski definition) is 1. The van der Waals surface area contributed by atoms with Crippen molar-refractivity contribution in [1.29, 1.82) is 0 Å². The van der Waals surface area contributed by atoms with E-state index in [9.17, 15) is 0 Å². The van der Waals surface area contributed by atoms with E-state index >= 15 is 0 Å². The van der Waals surface area contributed by atoms with Gasteiger partial charge in [0.25, 0.3) is 0 Å². The first-order chi connectivity index (χ1) is 7.13. The monoisotopic (exact) mass is 244 g/mol. The van der Waals surface area contributed by atoms with E-state index in [1.54, 1.807) is 0 Å². The van der Waals surface area contributed by atoms with Crippen LogP contribution in [0.3, 0.4) is 0 Å². The number of benzene rings is 1. The van der Waals surface area contributed by atoms with E-state index in [-0.39, 0.29) is 0 Å². The van der Waals surface area contributed by atoms with E-state index in [1.807, 2.05) is 37.2 Å². The molecule has 1 rings (SSSR count). The molecule has 1 aromatic carbocycles. The topological polar surface area (TPSA) is 15.3 Å². The minimum atomic E-state index is 0.544. The Morgan fingerprint density at radius 3 is 2.80 bits per heavy atom. The molecule has 0 amide bonds. The van der Waals surface area contributed by atoms with E-state index in [1.165, 1.54) is 5.54 Å². The smallest absolute Gasteiger partial charge is 0.0516 e. The molecule has 1 N–H and O–H groups in total. The summed E-state index contributed by atoms with van der Waals surface area (Å²) in [5.41, 5.74) is 3.54. The van der Waals surface area contributed by atoms with Gasteiger partial charge >= 0.3 is 0 Å². The second-order valence-electron chi connectivity index (χ2n) is 3.35. The molecule has 1 aromatic rings. The van der Waals surface area contributed by atoms with Gasteiger partial charge in [-0.3, -0.25) is 0 Å². The van der Waals surface area contributed by atoms with Crippen molar-refractivity contribution in [3.8, 4) is 0 Å². The lowest BCUT2D eigenvalue weighted by molar-refractivity contribution is 1.13. The van der Waals surface area contributed by atoms with Crippen LogP contribution in [0.15, 0.2) is 34.8 Å². The maximum atomic E-state index is 5.77. The van der Waals surface area contributed by atoms with Crippen LogP contribution in [0.25, 0.3) is 0 Å². The Bertz CT molecular complexity index is 348. The molecule has 0 spiro atoms. The summed E-state index contributed by atoms with van der Waals surface area (Å²) in [6, 6.07) is 8.09. The number of nitrogens with one attached hydrogen (secondary N) is 1. The van der Waals surface area contributed by atoms with Gasteiger partial charge in [0, 0.05) is 36.0 Å². The second kappa shape index (κ2) is 5.89. The molecule has 0 saturated heterocycles. The average Bonchev–Trinajstić information content (AvgIpc) is 2.26. The normalized spacial score (nSPS) is 11.3. The maximum absolute atomic E-state index is 5.77. The van der Waals surface area contributed by atoms with Crippen molar-refractivity contribution in [2.24, 2.45) is 0 Å². The van der Waals surface area contributed by atoms with Gasteiger partial charge < -0.3 is 10.2 Å². The van der Waals surface area contributed by atoms with Gasteiger partial charge in [-0.2, -0.15) is 0 Å². The third kappa shape index (κ3) is 4.02. The molecule has 0 aliphatic heterocycles. The fourth-order valence-corrected chi connectivity index (χ4v) is 1.26. The molecule has 0 aliphatic carbocycles. The Morgan fingerprint density at radius 1 is 1.47 bits per heavy atom. The van der Waals surface area contributed by atoms with Gasteiger partial charge in [0.15, 0.2) is 0 Å². The average molecular weight is 245 g/mol. The highest BCUT2D eigenvalue weighted by Crippen LogP contribution is 2.17. The van der Waals surface area contributed by atoms with Crippen LogP contribution >= 0.6 is 23.2 Å². The molecule has 0 bridgehead atoms. The Hall–Kier alpha value is -0.860. The zero-order valence-corrected chi connectivity index (χ0v) is 10.3. The predicted molar refractivity (Wildman–Crippen MR) is 69.0 cm³/mol. The summed E-state index contributed by atoms with van der Waals surface area (Å²) in [6.07, 6.45) is 0. The minimum Gasteiger partial charge on any atom is -0.380 e. The molecule has 82 valence electrons. The molecule has 0 saturated carbocycles. The minimum absolute atomic E-state index is 0.544. The Labute approximate surface area is 100 Å². The molecule has 0 aromatic heterocycles. The predicted octanol–water partition coefficient (Wildman–Crippen LogP) is 3.48. The zero-order chi connectivity index (χ0) is 11.3. The van der Waals surface area contributed by atoms with Gasteiger partial charge in [-0.05, 0) is 18.2 Å². The van der Waals surface area contributed by atoms with Crippen LogP contribution < -0.4 is 10.2 Å². The summed E-state index contributed by atoms with van der Waals surface area (Å²) >= 11 is 11.2. The highest BCUT2D eigenvalue weighted by atomic mass is 35.5. The fourth-order valence-electron chi connectivity index (χ4n) is 1.12. The molecule has 0 aliphatic rings. The third-order valence-corrected chi connectivity index (χ3v) is 2.56. The van der Waals surface area contributed by atoms with Gasteiger partial charge in [0.2, 0.25) is 0 Å². The summed E-state index contributed by atoms with van der Waals surface area (Å²) < 4.78 is 0. The number of hydrogen-bond acceptors (Lipinski definition) is 2. The van der Waals surface area contributed by atoms with Crippen molar-refractivity contribution in [1.82, 2.24) is 0 Å². The molecule has 2 nitrogen and oxygen atoms in total. The van der Waals surface area contributed by atoms with E-state index in [4.69, 9.17) is 23.2 Å². The van der Waals surface area contributed by atoms with Crippen LogP contribution in [-0.4, -0.2) is 20.6 Å². The highest BCUT2D eigenvalue weighted by molar-refractivity contribution is 6.36.